The molecule has 3 aromatic rings. The van der Waals surface area contributed by atoms with Crippen LogP contribution in [0, 0.1) is 5.82 Å². The van der Waals surface area contributed by atoms with Crippen molar-refractivity contribution in [1.29, 1.82) is 0 Å². The molecular formula is C19H17FN4O3. The standard InChI is InChI=1S/C19H17FN4O3/c1-26-12-7-8-15(17(11-12)27-2)21-18-10-9-16(23-24-18)19(25)22-14-6-4-3-5-13(14)20/h3-11H,1-2H3,(H,21,24)(H,22,25). The third-order valence-corrected chi connectivity index (χ3v) is 3.69. The van der Waals surface area contributed by atoms with Crippen molar-refractivity contribution in [2.75, 3.05) is 24.9 Å². The minimum atomic E-state index is -0.554. The van der Waals surface area contributed by atoms with Gasteiger partial charge in [-0.2, -0.15) is 0 Å². The number of nitrogens with zero attached hydrogens (tertiary/aromatic N) is 2. The minimum absolute atomic E-state index is 0.0606. The molecule has 8 heteroatoms. The van der Waals surface area contributed by atoms with Crippen LogP contribution in [0.1, 0.15) is 10.5 Å². The molecule has 7 nitrogen and oxygen atoms in total. The van der Waals surface area contributed by atoms with E-state index in [4.69, 9.17) is 9.47 Å². The van der Waals surface area contributed by atoms with Crippen LogP contribution in [0.5, 0.6) is 11.5 Å². The van der Waals surface area contributed by atoms with E-state index in [1.807, 2.05) is 0 Å². The van der Waals surface area contributed by atoms with Crippen LogP contribution in [-0.2, 0) is 0 Å². The van der Waals surface area contributed by atoms with Crippen LogP contribution in [0.15, 0.2) is 54.6 Å². The van der Waals surface area contributed by atoms with Crippen LogP contribution >= 0.6 is 0 Å². The van der Waals surface area contributed by atoms with E-state index in [-0.39, 0.29) is 11.4 Å². The van der Waals surface area contributed by atoms with E-state index < -0.39 is 11.7 Å². The van der Waals surface area contributed by atoms with Gasteiger partial charge in [-0.15, -0.1) is 10.2 Å². The number of carbonyl (C=O) groups is 1. The summed E-state index contributed by atoms with van der Waals surface area (Å²) < 4.78 is 24.1. The second-order valence-electron chi connectivity index (χ2n) is 5.43. The first-order valence-corrected chi connectivity index (χ1v) is 7.99. The van der Waals surface area contributed by atoms with E-state index in [9.17, 15) is 9.18 Å². The maximum Gasteiger partial charge on any atom is 0.276 e. The van der Waals surface area contributed by atoms with Gasteiger partial charge in [0.2, 0.25) is 0 Å². The first kappa shape index (κ1) is 18.1. The molecule has 0 atom stereocenters. The lowest BCUT2D eigenvalue weighted by Gasteiger charge is -2.12. The van der Waals surface area contributed by atoms with Crippen LogP contribution in [-0.4, -0.2) is 30.3 Å². The van der Waals surface area contributed by atoms with E-state index in [2.05, 4.69) is 20.8 Å². The number of aromatic nitrogens is 2. The Morgan fingerprint density at radius 3 is 2.44 bits per heavy atom. The molecule has 138 valence electrons. The third-order valence-electron chi connectivity index (χ3n) is 3.69. The van der Waals surface area contributed by atoms with Gasteiger partial charge in [0.1, 0.15) is 17.3 Å². The Hall–Kier alpha value is -3.68. The molecule has 0 aliphatic rings. The third kappa shape index (κ3) is 4.30. The van der Waals surface area contributed by atoms with Crippen molar-refractivity contribution in [3.8, 4) is 11.5 Å². The number of nitrogens with one attached hydrogen (secondary N) is 2. The van der Waals surface area contributed by atoms with Crippen LogP contribution in [0.4, 0.5) is 21.6 Å². The Bertz CT molecular complexity index is 948. The molecule has 0 bridgehead atoms. The Labute approximate surface area is 155 Å². The molecule has 0 aliphatic heterocycles. The molecular weight excluding hydrogens is 351 g/mol. The molecule has 2 N–H and O–H groups in total. The molecule has 1 heterocycles. The largest absolute Gasteiger partial charge is 0.497 e. The Morgan fingerprint density at radius 1 is 0.963 bits per heavy atom. The number of hydrogen-bond donors (Lipinski definition) is 2. The second kappa shape index (κ2) is 8.13. The number of amides is 1. The van der Waals surface area contributed by atoms with Gasteiger partial charge in [-0.1, -0.05) is 12.1 Å². The fourth-order valence-corrected chi connectivity index (χ4v) is 2.31. The van der Waals surface area contributed by atoms with Gasteiger partial charge in [0.15, 0.2) is 11.5 Å². The van der Waals surface area contributed by atoms with Crippen molar-refractivity contribution in [3.05, 3.63) is 66.1 Å². The molecule has 2 aromatic carbocycles. The van der Waals surface area contributed by atoms with Gasteiger partial charge < -0.3 is 20.1 Å². The van der Waals surface area contributed by atoms with E-state index >= 15 is 0 Å². The molecule has 0 radical (unpaired) electrons. The zero-order valence-electron chi connectivity index (χ0n) is 14.7. The van der Waals surface area contributed by atoms with Crippen molar-refractivity contribution in [1.82, 2.24) is 10.2 Å². The van der Waals surface area contributed by atoms with Crippen LogP contribution in [0.2, 0.25) is 0 Å². The maximum atomic E-state index is 13.6. The van der Waals surface area contributed by atoms with Crippen LogP contribution in [0.3, 0.4) is 0 Å². The summed E-state index contributed by atoms with van der Waals surface area (Å²) in [7, 11) is 3.11. The van der Waals surface area contributed by atoms with Gasteiger partial charge in [-0.3, -0.25) is 4.79 Å². The van der Waals surface area contributed by atoms with Crippen molar-refractivity contribution in [3.63, 3.8) is 0 Å². The highest BCUT2D eigenvalue weighted by Crippen LogP contribution is 2.30. The zero-order valence-corrected chi connectivity index (χ0v) is 14.7. The lowest BCUT2D eigenvalue weighted by atomic mass is 10.2. The number of anilines is 3. The zero-order chi connectivity index (χ0) is 19.2. The number of rotatable bonds is 6. The summed E-state index contributed by atoms with van der Waals surface area (Å²) in [6.07, 6.45) is 0. The van der Waals surface area contributed by atoms with Gasteiger partial charge in [0.05, 0.1) is 25.6 Å². The molecule has 0 aliphatic carbocycles. The summed E-state index contributed by atoms with van der Waals surface area (Å²) in [6.45, 7) is 0. The highest BCUT2D eigenvalue weighted by atomic mass is 19.1. The van der Waals surface area contributed by atoms with Crippen molar-refractivity contribution < 1.29 is 18.7 Å². The number of carbonyl (C=O) groups excluding carboxylic acids is 1. The van der Waals surface area contributed by atoms with E-state index in [0.717, 1.165) is 0 Å². The quantitative estimate of drug-likeness (QED) is 0.691. The molecule has 3 rings (SSSR count). The van der Waals surface area contributed by atoms with E-state index in [1.165, 1.54) is 18.2 Å². The van der Waals surface area contributed by atoms with Gasteiger partial charge >= 0.3 is 0 Å². The SMILES string of the molecule is COc1ccc(Nc2ccc(C(=O)Nc3ccccc3F)nn2)c(OC)c1. The van der Waals surface area contributed by atoms with Crippen molar-refractivity contribution >= 4 is 23.1 Å². The molecule has 27 heavy (non-hydrogen) atoms. The van der Waals surface area contributed by atoms with Crippen LogP contribution < -0.4 is 20.1 Å². The molecule has 0 saturated carbocycles. The number of halogens is 1. The normalized spacial score (nSPS) is 10.2. The van der Waals surface area contributed by atoms with Crippen LogP contribution in [0.25, 0.3) is 0 Å². The smallest absolute Gasteiger partial charge is 0.276 e. The topological polar surface area (TPSA) is 85.4 Å². The van der Waals surface area contributed by atoms with E-state index in [0.29, 0.717) is 23.0 Å². The average molecular weight is 368 g/mol. The monoisotopic (exact) mass is 368 g/mol. The van der Waals surface area contributed by atoms with Gasteiger partial charge in [0.25, 0.3) is 5.91 Å². The first-order chi connectivity index (χ1) is 13.1. The van der Waals surface area contributed by atoms with Gasteiger partial charge in [0, 0.05) is 6.07 Å². The van der Waals surface area contributed by atoms with Crippen molar-refractivity contribution in [2.24, 2.45) is 0 Å². The van der Waals surface area contributed by atoms with Gasteiger partial charge in [-0.25, -0.2) is 4.39 Å². The van der Waals surface area contributed by atoms with Crippen molar-refractivity contribution in [2.45, 2.75) is 0 Å². The second-order valence-corrected chi connectivity index (χ2v) is 5.43. The number of hydrogen-bond acceptors (Lipinski definition) is 6. The first-order valence-electron chi connectivity index (χ1n) is 7.99. The summed E-state index contributed by atoms with van der Waals surface area (Å²) in [4.78, 5) is 12.2. The Balaban J connectivity index is 1.72. The Morgan fingerprint density at radius 2 is 1.78 bits per heavy atom. The number of benzene rings is 2. The molecule has 1 amide bonds. The molecule has 0 spiro atoms. The number of ether oxygens (including phenoxy) is 2. The summed E-state index contributed by atoms with van der Waals surface area (Å²) in [5.41, 5.74) is 0.802. The number of methoxy groups -OCH3 is 2. The lowest BCUT2D eigenvalue weighted by molar-refractivity contribution is 0.102. The predicted molar refractivity (Wildman–Crippen MR) is 99.2 cm³/mol. The summed E-state index contributed by atoms with van der Waals surface area (Å²) in [5.74, 6) is 0.562. The van der Waals surface area contributed by atoms with E-state index in [1.54, 1.807) is 50.6 Å². The molecule has 0 saturated heterocycles. The fraction of sp³-hybridized carbons (Fsp3) is 0.105. The summed E-state index contributed by atoms with van der Waals surface area (Å²) >= 11 is 0. The minimum Gasteiger partial charge on any atom is -0.497 e. The van der Waals surface area contributed by atoms with Gasteiger partial charge in [-0.05, 0) is 36.4 Å². The molecule has 0 unspecified atom stereocenters. The lowest BCUT2D eigenvalue weighted by Crippen LogP contribution is -2.15. The average Bonchev–Trinajstić information content (AvgIpc) is 2.70. The molecule has 1 aromatic heterocycles. The summed E-state index contributed by atoms with van der Waals surface area (Å²) in [5, 5.41) is 13.4. The molecule has 0 fully saturated rings. The summed E-state index contributed by atoms with van der Waals surface area (Å²) in [6, 6.07) is 14.2. The Kier molecular flexibility index (Phi) is 5.46. The fourth-order valence-electron chi connectivity index (χ4n) is 2.31. The highest BCUT2D eigenvalue weighted by Gasteiger charge is 2.12. The maximum absolute atomic E-state index is 13.6. The number of para-hydroxylation sites is 1. The highest BCUT2D eigenvalue weighted by molar-refractivity contribution is 6.02. The predicted octanol–water partition coefficient (Wildman–Crippen LogP) is 3.63.